The second-order valence-corrected chi connectivity index (χ2v) is 5.61. The molecule has 0 saturated carbocycles. The van der Waals surface area contributed by atoms with E-state index in [0.29, 0.717) is 0 Å². The summed E-state index contributed by atoms with van der Waals surface area (Å²) in [5.74, 6) is 0. The first-order valence-corrected chi connectivity index (χ1v) is 7.55. The van der Waals surface area contributed by atoms with Gasteiger partial charge in [-0.1, -0.05) is 25.1 Å². The Morgan fingerprint density at radius 3 is 2.24 bits per heavy atom. The molecule has 1 atom stereocenters. The van der Waals surface area contributed by atoms with Crippen LogP contribution in [0.15, 0.2) is 42.6 Å². The number of anilines is 1. The molecule has 0 aliphatic carbocycles. The Hall–Kier alpha value is -1.87. The molecule has 0 saturated heterocycles. The van der Waals surface area contributed by atoms with Gasteiger partial charge in [-0.3, -0.25) is 4.98 Å². The predicted molar refractivity (Wildman–Crippen MR) is 89.9 cm³/mol. The maximum Gasteiger partial charge on any atom is 0.0592 e. The van der Waals surface area contributed by atoms with Crippen molar-refractivity contribution in [1.82, 2.24) is 10.3 Å². The van der Waals surface area contributed by atoms with E-state index in [1.54, 1.807) is 0 Å². The zero-order chi connectivity index (χ0) is 15.2. The van der Waals surface area contributed by atoms with E-state index in [2.05, 4.69) is 72.6 Å². The van der Waals surface area contributed by atoms with Gasteiger partial charge in [-0.2, -0.15) is 0 Å². The van der Waals surface area contributed by atoms with Gasteiger partial charge in [0.25, 0.3) is 0 Å². The fraction of sp³-hybridized carbons (Fsp3) is 0.389. The van der Waals surface area contributed by atoms with Crippen molar-refractivity contribution in [2.45, 2.75) is 26.3 Å². The lowest BCUT2D eigenvalue weighted by atomic mass is 9.99. The molecule has 3 nitrogen and oxygen atoms in total. The summed E-state index contributed by atoms with van der Waals surface area (Å²) >= 11 is 0. The van der Waals surface area contributed by atoms with Crippen molar-refractivity contribution < 1.29 is 0 Å². The van der Waals surface area contributed by atoms with Crippen LogP contribution in [0, 0.1) is 6.92 Å². The molecule has 0 fully saturated rings. The van der Waals surface area contributed by atoms with Crippen molar-refractivity contribution in [3.8, 4) is 0 Å². The fourth-order valence-corrected chi connectivity index (χ4v) is 2.33. The maximum absolute atomic E-state index is 4.43. The van der Waals surface area contributed by atoms with Gasteiger partial charge in [0.05, 0.1) is 6.04 Å². The summed E-state index contributed by atoms with van der Waals surface area (Å²) < 4.78 is 0. The van der Waals surface area contributed by atoms with Crippen LogP contribution in [-0.2, 0) is 0 Å². The lowest BCUT2D eigenvalue weighted by Gasteiger charge is -2.21. The number of aryl methyl sites for hydroxylation is 1. The van der Waals surface area contributed by atoms with Crippen molar-refractivity contribution >= 4 is 5.69 Å². The number of nitrogens with zero attached hydrogens (tertiary/aromatic N) is 2. The van der Waals surface area contributed by atoms with E-state index in [-0.39, 0.29) is 6.04 Å². The monoisotopic (exact) mass is 283 g/mol. The summed E-state index contributed by atoms with van der Waals surface area (Å²) in [5.41, 5.74) is 4.76. The molecule has 0 spiro atoms. The number of nitrogens with one attached hydrogen (secondary N) is 1. The highest BCUT2D eigenvalue weighted by Gasteiger charge is 2.13. The minimum atomic E-state index is 0.203. The zero-order valence-electron chi connectivity index (χ0n) is 13.4. The molecule has 1 heterocycles. The number of rotatable bonds is 6. The minimum Gasteiger partial charge on any atom is -0.378 e. The van der Waals surface area contributed by atoms with Crippen molar-refractivity contribution in [2.75, 3.05) is 25.5 Å². The highest BCUT2D eigenvalue weighted by molar-refractivity contribution is 5.47. The summed E-state index contributed by atoms with van der Waals surface area (Å²) in [7, 11) is 4.12. The van der Waals surface area contributed by atoms with Crippen LogP contribution in [0.2, 0.25) is 0 Å². The average Bonchev–Trinajstić information content (AvgIpc) is 2.50. The highest BCUT2D eigenvalue weighted by Crippen LogP contribution is 2.24. The number of aromatic nitrogens is 1. The van der Waals surface area contributed by atoms with Gasteiger partial charge in [0.15, 0.2) is 0 Å². The number of hydrogen-bond donors (Lipinski definition) is 1. The molecular formula is C18H25N3. The van der Waals surface area contributed by atoms with Crippen LogP contribution in [0.25, 0.3) is 0 Å². The maximum atomic E-state index is 4.43. The van der Waals surface area contributed by atoms with E-state index >= 15 is 0 Å². The molecule has 1 N–H and O–H groups in total. The third kappa shape index (κ3) is 4.05. The van der Waals surface area contributed by atoms with Crippen molar-refractivity contribution in [3.05, 3.63) is 59.4 Å². The molecule has 2 rings (SSSR count). The molecule has 3 heteroatoms. The van der Waals surface area contributed by atoms with E-state index in [9.17, 15) is 0 Å². The number of pyridine rings is 1. The molecule has 1 aromatic carbocycles. The minimum absolute atomic E-state index is 0.203. The Labute approximate surface area is 128 Å². The average molecular weight is 283 g/mol. The standard InChI is InChI=1S/C18H25N3/c1-5-12-19-18(16-7-6-14(2)20-13-16)15-8-10-17(11-9-15)21(3)4/h6-11,13,18-19H,5,12H2,1-4H3. The van der Waals surface area contributed by atoms with E-state index < -0.39 is 0 Å². The number of hydrogen-bond acceptors (Lipinski definition) is 3. The molecular weight excluding hydrogens is 258 g/mol. The molecule has 0 aliphatic heterocycles. The largest absolute Gasteiger partial charge is 0.378 e. The molecule has 0 amide bonds. The summed E-state index contributed by atoms with van der Waals surface area (Å²) in [6.07, 6.45) is 3.09. The molecule has 0 aliphatic rings. The van der Waals surface area contributed by atoms with Gasteiger partial charge >= 0.3 is 0 Å². The zero-order valence-corrected chi connectivity index (χ0v) is 13.4. The Morgan fingerprint density at radius 2 is 1.71 bits per heavy atom. The second kappa shape index (κ2) is 7.23. The summed E-state index contributed by atoms with van der Waals surface area (Å²) in [4.78, 5) is 6.55. The summed E-state index contributed by atoms with van der Waals surface area (Å²) in [6.45, 7) is 5.20. The van der Waals surface area contributed by atoms with Gasteiger partial charge in [-0.25, -0.2) is 0 Å². The predicted octanol–water partition coefficient (Wildman–Crippen LogP) is 3.55. The smallest absolute Gasteiger partial charge is 0.0592 e. The summed E-state index contributed by atoms with van der Waals surface area (Å²) in [6, 6.07) is 13.2. The van der Waals surface area contributed by atoms with Crippen molar-refractivity contribution in [2.24, 2.45) is 0 Å². The van der Waals surface area contributed by atoms with Gasteiger partial charge in [-0.15, -0.1) is 0 Å². The Balaban J connectivity index is 2.28. The van der Waals surface area contributed by atoms with Crippen LogP contribution < -0.4 is 10.2 Å². The molecule has 2 aromatic rings. The van der Waals surface area contributed by atoms with Crippen LogP contribution in [0.3, 0.4) is 0 Å². The van der Waals surface area contributed by atoms with E-state index in [0.717, 1.165) is 18.7 Å². The van der Waals surface area contributed by atoms with Crippen molar-refractivity contribution in [1.29, 1.82) is 0 Å². The van der Waals surface area contributed by atoms with E-state index in [1.165, 1.54) is 16.8 Å². The topological polar surface area (TPSA) is 28.2 Å². The van der Waals surface area contributed by atoms with Crippen LogP contribution in [0.1, 0.15) is 36.2 Å². The van der Waals surface area contributed by atoms with E-state index in [4.69, 9.17) is 0 Å². The van der Waals surface area contributed by atoms with Gasteiger partial charge in [0.2, 0.25) is 0 Å². The Bertz CT molecular complexity index is 544. The Morgan fingerprint density at radius 1 is 1.05 bits per heavy atom. The third-order valence-electron chi connectivity index (χ3n) is 3.61. The normalized spacial score (nSPS) is 12.2. The van der Waals surface area contributed by atoms with Gasteiger partial charge in [-0.05, 0) is 49.2 Å². The SMILES string of the molecule is CCCNC(c1ccc(N(C)C)cc1)c1ccc(C)nc1. The highest BCUT2D eigenvalue weighted by atomic mass is 15.1. The van der Waals surface area contributed by atoms with Gasteiger partial charge < -0.3 is 10.2 Å². The van der Waals surface area contributed by atoms with Gasteiger partial charge in [0.1, 0.15) is 0 Å². The first-order chi connectivity index (χ1) is 10.1. The molecule has 1 aromatic heterocycles. The second-order valence-electron chi connectivity index (χ2n) is 5.61. The van der Waals surface area contributed by atoms with E-state index in [1.807, 2.05) is 13.1 Å². The fourth-order valence-electron chi connectivity index (χ4n) is 2.33. The van der Waals surface area contributed by atoms with Crippen LogP contribution in [0.4, 0.5) is 5.69 Å². The van der Waals surface area contributed by atoms with Crippen molar-refractivity contribution in [3.63, 3.8) is 0 Å². The first-order valence-electron chi connectivity index (χ1n) is 7.55. The molecule has 21 heavy (non-hydrogen) atoms. The quantitative estimate of drug-likeness (QED) is 0.879. The van der Waals surface area contributed by atoms with Crippen LogP contribution in [0.5, 0.6) is 0 Å². The summed E-state index contributed by atoms with van der Waals surface area (Å²) in [5, 5.41) is 3.62. The van der Waals surface area contributed by atoms with Gasteiger partial charge in [0, 0.05) is 31.7 Å². The third-order valence-corrected chi connectivity index (χ3v) is 3.61. The Kier molecular flexibility index (Phi) is 5.34. The molecule has 112 valence electrons. The van der Waals surface area contributed by atoms with Crippen LogP contribution >= 0.6 is 0 Å². The molecule has 1 unspecified atom stereocenters. The lowest BCUT2D eigenvalue weighted by Crippen LogP contribution is -2.23. The van der Waals surface area contributed by atoms with Crippen LogP contribution in [-0.4, -0.2) is 25.6 Å². The lowest BCUT2D eigenvalue weighted by molar-refractivity contribution is 0.597. The molecule has 0 radical (unpaired) electrons. The number of benzene rings is 1. The molecule has 0 bridgehead atoms. The first kappa shape index (κ1) is 15.5.